The molecule has 4 atom stereocenters. The summed E-state index contributed by atoms with van der Waals surface area (Å²) in [6.45, 7) is 2.44. The van der Waals surface area contributed by atoms with E-state index in [0.717, 1.165) is 11.8 Å². The van der Waals surface area contributed by atoms with Crippen molar-refractivity contribution < 1.29 is 9.18 Å². The smallest absolute Gasteiger partial charge is 0.254 e. The monoisotopic (exact) mass is 289 g/mol. The maximum Gasteiger partial charge on any atom is 0.254 e. The molecule has 1 heterocycles. The molecule has 4 rings (SSSR count). The van der Waals surface area contributed by atoms with Gasteiger partial charge >= 0.3 is 0 Å². The highest BCUT2D eigenvalue weighted by atomic mass is 19.1. The maximum absolute atomic E-state index is 14.3. The van der Waals surface area contributed by atoms with E-state index in [1.54, 1.807) is 0 Å². The van der Waals surface area contributed by atoms with Gasteiger partial charge < -0.3 is 10.6 Å². The summed E-state index contributed by atoms with van der Waals surface area (Å²) in [7, 11) is 0. The van der Waals surface area contributed by atoms with Gasteiger partial charge in [-0.25, -0.2) is 9.37 Å². The van der Waals surface area contributed by atoms with Crippen molar-refractivity contribution in [2.75, 3.05) is 11.9 Å². The molecule has 4 nitrogen and oxygen atoms in total. The lowest BCUT2D eigenvalue weighted by Crippen LogP contribution is -2.30. The number of halogens is 1. The number of amides is 1. The summed E-state index contributed by atoms with van der Waals surface area (Å²) in [5.74, 6) is 2.21. The van der Waals surface area contributed by atoms with Crippen LogP contribution in [0.3, 0.4) is 0 Å². The first-order chi connectivity index (χ1) is 10.2. The van der Waals surface area contributed by atoms with Crippen LogP contribution in [0.15, 0.2) is 12.3 Å². The van der Waals surface area contributed by atoms with Gasteiger partial charge in [0, 0.05) is 18.8 Å². The molecule has 3 aliphatic rings. The first kappa shape index (κ1) is 13.0. The zero-order valence-electron chi connectivity index (χ0n) is 12.1. The molecule has 3 fully saturated rings. The number of hydrogen-bond donors (Lipinski definition) is 2. The fourth-order valence-electron chi connectivity index (χ4n) is 4.66. The van der Waals surface area contributed by atoms with Gasteiger partial charge in [0.2, 0.25) is 0 Å². The van der Waals surface area contributed by atoms with Crippen LogP contribution in [0, 0.1) is 29.5 Å². The molecule has 1 aromatic heterocycles. The molecule has 2 N–H and O–H groups in total. The number of nitrogens with zero attached hydrogens (tertiary/aromatic N) is 1. The molecule has 0 spiro atoms. The van der Waals surface area contributed by atoms with Crippen LogP contribution in [-0.4, -0.2) is 23.5 Å². The third-order valence-electron chi connectivity index (χ3n) is 5.51. The molecule has 1 amide bonds. The van der Waals surface area contributed by atoms with Crippen molar-refractivity contribution in [1.29, 1.82) is 0 Å². The summed E-state index contributed by atoms with van der Waals surface area (Å²) in [6.07, 6.45) is 5.45. The van der Waals surface area contributed by atoms with E-state index in [-0.39, 0.29) is 23.3 Å². The van der Waals surface area contributed by atoms with Gasteiger partial charge in [-0.15, -0.1) is 0 Å². The molecule has 4 unspecified atom stereocenters. The van der Waals surface area contributed by atoms with Crippen molar-refractivity contribution in [3.63, 3.8) is 0 Å². The second-order valence-electron chi connectivity index (χ2n) is 6.54. The predicted molar refractivity (Wildman–Crippen MR) is 77.4 cm³/mol. The Bertz CT molecular complexity index is 575. The van der Waals surface area contributed by atoms with E-state index in [4.69, 9.17) is 0 Å². The zero-order chi connectivity index (χ0) is 14.6. The van der Waals surface area contributed by atoms with Gasteiger partial charge in [0.15, 0.2) is 11.6 Å². The summed E-state index contributed by atoms with van der Waals surface area (Å²) >= 11 is 0. The zero-order valence-corrected chi connectivity index (χ0v) is 12.1. The largest absolute Gasteiger partial charge is 0.368 e. The third-order valence-corrected chi connectivity index (χ3v) is 5.51. The van der Waals surface area contributed by atoms with Gasteiger partial charge in [0.25, 0.3) is 5.91 Å². The average Bonchev–Trinajstić information content (AvgIpc) is 2.86. The minimum atomic E-state index is -0.550. The number of hydrogen-bond acceptors (Lipinski definition) is 3. The Hall–Kier alpha value is -1.65. The Morgan fingerprint density at radius 3 is 2.76 bits per heavy atom. The standard InChI is InChI=1S/C16H20FN3O/c1-2-18-15-13(17)10(5-6-19-15)16(21)20-14-11-8-3-4-9(7-8)12(11)14/h5-6,8-9,11-12,14H,2-4,7H2,1H3,(H,18,19)(H,20,21). The molecule has 0 radical (unpaired) electrons. The number of fused-ring (bicyclic) bond motifs is 5. The molecular formula is C16H20FN3O. The lowest BCUT2D eigenvalue weighted by molar-refractivity contribution is 0.0940. The molecule has 1 aromatic rings. The van der Waals surface area contributed by atoms with E-state index in [1.165, 1.54) is 31.5 Å². The highest BCUT2D eigenvalue weighted by molar-refractivity contribution is 5.95. The van der Waals surface area contributed by atoms with Crippen molar-refractivity contribution in [2.24, 2.45) is 23.7 Å². The van der Waals surface area contributed by atoms with E-state index in [2.05, 4.69) is 15.6 Å². The van der Waals surface area contributed by atoms with Crippen LogP contribution in [0.25, 0.3) is 0 Å². The van der Waals surface area contributed by atoms with Crippen LogP contribution in [-0.2, 0) is 0 Å². The lowest BCUT2D eigenvalue weighted by atomic mass is 10.0. The molecule has 0 aliphatic heterocycles. The van der Waals surface area contributed by atoms with E-state index in [9.17, 15) is 9.18 Å². The molecule has 21 heavy (non-hydrogen) atoms. The van der Waals surface area contributed by atoms with Crippen LogP contribution in [0.2, 0.25) is 0 Å². The first-order valence-electron chi connectivity index (χ1n) is 7.90. The number of anilines is 1. The minimum absolute atomic E-state index is 0.0956. The molecule has 3 saturated carbocycles. The van der Waals surface area contributed by atoms with Gasteiger partial charge in [-0.2, -0.15) is 0 Å². The maximum atomic E-state index is 14.3. The number of aromatic nitrogens is 1. The quantitative estimate of drug-likeness (QED) is 0.895. The van der Waals surface area contributed by atoms with Gasteiger partial charge in [0.05, 0.1) is 5.56 Å². The third kappa shape index (κ3) is 1.93. The van der Waals surface area contributed by atoms with Crippen LogP contribution in [0.1, 0.15) is 36.5 Å². The van der Waals surface area contributed by atoms with Crippen molar-refractivity contribution in [2.45, 2.75) is 32.2 Å². The normalized spacial score (nSPS) is 35.4. The Kier molecular flexibility index (Phi) is 2.91. The van der Waals surface area contributed by atoms with Gasteiger partial charge in [-0.05, 0) is 55.9 Å². The predicted octanol–water partition coefficient (Wildman–Crippen LogP) is 2.43. The van der Waals surface area contributed by atoms with E-state index in [1.807, 2.05) is 6.92 Å². The number of pyridine rings is 1. The van der Waals surface area contributed by atoms with Crippen LogP contribution in [0.5, 0.6) is 0 Å². The second kappa shape index (κ2) is 4.68. The van der Waals surface area contributed by atoms with Gasteiger partial charge in [-0.3, -0.25) is 4.79 Å². The van der Waals surface area contributed by atoms with Crippen LogP contribution >= 0.6 is 0 Å². The fourth-order valence-corrected chi connectivity index (χ4v) is 4.66. The topological polar surface area (TPSA) is 54.0 Å². The number of carbonyl (C=O) groups excluding carboxylic acids is 1. The highest BCUT2D eigenvalue weighted by Crippen LogP contribution is 2.65. The SMILES string of the molecule is CCNc1nccc(C(=O)NC2C3C4CCC(C4)C23)c1F. The van der Waals surface area contributed by atoms with Crippen molar-refractivity contribution >= 4 is 11.7 Å². The van der Waals surface area contributed by atoms with Gasteiger partial charge in [0.1, 0.15) is 0 Å². The number of rotatable bonds is 4. The molecule has 2 bridgehead atoms. The van der Waals surface area contributed by atoms with Crippen LogP contribution in [0.4, 0.5) is 10.2 Å². The van der Waals surface area contributed by atoms with Crippen molar-refractivity contribution in [1.82, 2.24) is 10.3 Å². The van der Waals surface area contributed by atoms with E-state index < -0.39 is 5.82 Å². The Morgan fingerprint density at radius 2 is 2.10 bits per heavy atom. The summed E-state index contributed by atoms with van der Waals surface area (Å²) < 4.78 is 14.3. The summed E-state index contributed by atoms with van der Waals surface area (Å²) in [5.41, 5.74) is 0.0956. The second-order valence-corrected chi connectivity index (χ2v) is 6.54. The highest BCUT2D eigenvalue weighted by Gasteiger charge is 2.65. The number of nitrogens with one attached hydrogen (secondary N) is 2. The first-order valence-corrected chi connectivity index (χ1v) is 7.90. The van der Waals surface area contributed by atoms with Crippen molar-refractivity contribution in [3.05, 3.63) is 23.6 Å². The average molecular weight is 289 g/mol. The lowest BCUT2D eigenvalue weighted by Gasteiger charge is -2.12. The summed E-state index contributed by atoms with van der Waals surface area (Å²) in [4.78, 5) is 16.3. The molecule has 3 aliphatic carbocycles. The van der Waals surface area contributed by atoms with E-state index in [0.29, 0.717) is 18.4 Å². The Morgan fingerprint density at radius 1 is 1.38 bits per heavy atom. The Balaban J connectivity index is 1.48. The molecule has 0 saturated heterocycles. The van der Waals surface area contributed by atoms with E-state index >= 15 is 0 Å². The molecular weight excluding hydrogens is 269 g/mol. The summed E-state index contributed by atoms with van der Waals surface area (Å²) in [6, 6.07) is 1.73. The van der Waals surface area contributed by atoms with Crippen LogP contribution < -0.4 is 10.6 Å². The summed E-state index contributed by atoms with van der Waals surface area (Å²) in [5, 5.41) is 5.89. The van der Waals surface area contributed by atoms with Crippen molar-refractivity contribution in [3.8, 4) is 0 Å². The molecule has 112 valence electrons. The van der Waals surface area contributed by atoms with Gasteiger partial charge in [-0.1, -0.05) is 0 Å². The fraction of sp³-hybridized carbons (Fsp3) is 0.625. The Labute approximate surface area is 123 Å². The molecule has 0 aromatic carbocycles. The number of carbonyl (C=O) groups is 1. The molecule has 5 heteroatoms. The minimum Gasteiger partial charge on any atom is -0.368 e.